The standard InChI is InChI=1S/C28H22I2O3S/c1-28(2,33-27(32)25-23(29)17-18-24(30)26(25)31)19-13-15-22(16-14-19)34(20-9-5-3-6-10-20)21-11-7-4-8-12-21/h3-18H,1-2H3/p+1. The van der Waals surface area contributed by atoms with Crippen LogP contribution in [0.25, 0.3) is 0 Å². The van der Waals surface area contributed by atoms with E-state index in [4.69, 9.17) is 4.74 Å². The second-order valence-electron chi connectivity index (χ2n) is 8.11. The Morgan fingerprint density at radius 2 is 1.21 bits per heavy atom. The molecule has 172 valence electrons. The predicted octanol–water partition coefficient (Wildman–Crippen LogP) is 7.79. The van der Waals surface area contributed by atoms with Gasteiger partial charge in [-0.3, -0.25) is 0 Å². The van der Waals surface area contributed by atoms with Crippen LogP contribution < -0.4 is 0 Å². The van der Waals surface area contributed by atoms with Crippen molar-refractivity contribution in [2.45, 2.75) is 34.1 Å². The Morgan fingerprint density at radius 3 is 1.74 bits per heavy atom. The number of benzene rings is 4. The summed E-state index contributed by atoms with van der Waals surface area (Å²) in [6, 6.07) is 32.8. The minimum absolute atomic E-state index is 0.0431. The Kier molecular flexibility index (Phi) is 7.89. The molecule has 3 nitrogen and oxygen atoms in total. The SMILES string of the molecule is CC(C)(OC(=O)c1c(I)ccc(I)c1O)c1ccc([S+](c2ccccc2)c2ccccc2)cc1. The number of esters is 1. The van der Waals surface area contributed by atoms with E-state index in [9.17, 15) is 9.90 Å². The first-order chi connectivity index (χ1) is 16.3. The molecule has 1 N–H and O–H groups in total. The summed E-state index contributed by atoms with van der Waals surface area (Å²) in [7, 11) is -0.242. The smallest absolute Gasteiger partial charge is 0.343 e. The Morgan fingerprint density at radius 1 is 0.735 bits per heavy atom. The van der Waals surface area contributed by atoms with Crippen molar-refractivity contribution >= 4 is 62.0 Å². The van der Waals surface area contributed by atoms with Crippen LogP contribution in [-0.4, -0.2) is 11.1 Å². The van der Waals surface area contributed by atoms with Crippen LogP contribution in [0.5, 0.6) is 5.75 Å². The van der Waals surface area contributed by atoms with Gasteiger partial charge in [-0.2, -0.15) is 0 Å². The molecule has 0 bridgehead atoms. The molecule has 4 rings (SSSR count). The molecule has 0 radical (unpaired) electrons. The summed E-state index contributed by atoms with van der Waals surface area (Å²) in [6.45, 7) is 3.73. The van der Waals surface area contributed by atoms with E-state index in [2.05, 4.69) is 60.7 Å². The number of halogens is 2. The molecule has 34 heavy (non-hydrogen) atoms. The second-order valence-corrected chi connectivity index (χ2v) is 12.5. The highest BCUT2D eigenvalue weighted by Gasteiger charge is 2.32. The van der Waals surface area contributed by atoms with Crippen LogP contribution in [0, 0.1) is 7.14 Å². The molecule has 0 aromatic heterocycles. The van der Waals surface area contributed by atoms with Crippen molar-refractivity contribution in [1.82, 2.24) is 0 Å². The topological polar surface area (TPSA) is 46.5 Å². The van der Waals surface area contributed by atoms with E-state index in [0.29, 0.717) is 7.14 Å². The zero-order valence-electron chi connectivity index (χ0n) is 18.7. The van der Waals surface area contributed by atoms with Crippen LogP contribution in [0.4, 0.5) is 0 Å². The zero-order chi connectivity index (χ0) is 24.3. The Labute approximate surface area is 230 Å². The van der Waals surface area contributed by atoms with Gasteiger partial charge in [0, 0.05) is 3.57 Å². The predicted molar refractivity (Wildman–Crippen MR) is 153 cm³/mol. The first-order valence-electron chi connectivity index (χ1n) is 10.6. The van der Waals surface area contributed by atoms with Gasteiger partial charge in [-0.25, -0.2) is 4.79 Å². The summed E-state index contributed by atoms with van der Waals surface area (Å²) in [5.41, 5.74) is 0.214. The summed E-state index contributed by atoms with van der Waals surface area (Å²) in [5, 5.41) is 10.4. The molecule has 0 unspecified atom stereocenters. The van der Waals surface area contributed by atoms with E-state index in [0.717, 1.165) is 5.56 Å². The lowest BCUT2D eigenvalue weighted by Crippen LogP contribution is -2.26. The monoisotopic (exact) mass is 693 g/mol. The zero-order valence-corrected chi connectivity index (χ0v) is 23.8. The Bertz CT molecular complexity index is 1250. The van der Waals surface area contributed by atoms with Crippen molar-refractivity contribution in [2.24, 2.45) is 0 Å². The number of phenolic OH excluding ortho intramolecular Hbond substituents is 1. The van der Waals surface area contributed by atoms with Gasteiger partial charge in [0.2, 0.25) is 0 Å². The van der Waals surface area contributed by atoms with E-state index in [1.54, 1.807) is 12.1 Å². The van der Waals surface area contributed by atoms with Gasteiger partial charge in [-0.1, -0.05) is 48.5 Å². The third kappa shape index (κ3) is 5.44. The number of carbonyl (C=O) groups excluding carboxylic acids is 1. The highest BCUT2D eigenvalue weighted by atomic mass is 127. The summed E-state index contributed by atoms with van der Waals surface area (Å²) in [6.07, 6.45) is 0. The number of carbonyl (C=O) groups is 1. The summed E-state index contributed by atoms with van der Waals surface area (Å²) in [5.74, 6) is -0.582. The molecule has 0 heterocycles. The van der Waals surface area contributed by atoms with Gasteiger partial charge in [0.1, 0.15) is 16.9 Å². The lowest BCUT2D eigenvalue weighted by molar-refractivity contribution is -0.00354. The number of phenols is 1. The Balaban J connectivity index is 1.63. The minimum atomic E-state index is -0.871. The van der Waals surface area contributed by atoms with E-state index in [1.165, 1.54) is 14.7 Å². The third-order valence-electron chi connectivity index (χ3n) is 5.37. The molecule has 6 heteroatoms. The molecule has 0 saturated carbocycles. The van der Waals surface area contributed by atoms with Crippen LogP contribution in [0.1, 0.15) is 29.8 Å². The first kappa shape index (κ1) is 25.1. The normalized spacial score (nSPS) is 11.4. The van der Waals surface area contributed by atoms with Gasteiger partial charge in [-0.15, -0.1) is 0 Å². The van der Waals surface area contributed by atoms with E-state index < -0.39 is 11.6 Å². The molecule has 4 aromatic rings. The summed E-state index contributed by atoms with van der Waals surface area (Å²) in [4.78, 5) is 16.7. The molecular formula is C28H23I2O3S+. The molecule has 0 aliphatic carbocycles. The van der Waals surface area contributed by atoms with Gasteiger partial charge >= 0.3 is 5.97 Å². The molecule has 0 aliphatic rings. The number of hydrogen-bond donors (Lipinski definition) is 1. The maximum absolute atomic E-state index is 13.0. The highest BCUT2D eigenvalue weighted by molar-refractivity contribution is 14.1. The molecule has 0 atom stereocenters. The molecular weight excluding hydrogens is 670 g/mol. The lowest BCUT2D eigenvalue weighted by Gasteiger charge is -2.26. The van der Waals surface area contributed by atoms with Crippen molar-refractivity contribution in [3.63, 3.8) is 0 Å². The molecule has 4 aromatic carbocycles. The van der Waals surface area contributed by atoms with Crippen LogP contribution in [0.2, 0.25) is 0 Å². The summed E-state index contributed by atoms with van der Waals surface area (Å²) >= 11 is 4.05. The molecule has 0 amide bonds. The Hall–Kier alpha value is -2.04. The van der Waals surface area contributed by atoms with Gasteiger partial charge in [0.05, 0.1) is 14.5 Å². The largest absolute Gasteiger partial charge is 0.506 e. The van der Waals surface area contributed by atoms with Crippen molar-refractivity contribution < 1.29 is 14.6 Å². The highest BCUT2D eigenvalue weighted by Crippen LogP contribution is 2.35. The van der Waals surface area contributed by atoms with E-state index >= 15 is 0 Å². The van der Waals surface area contributed by atoms with Gasteiger partial charge in [0.15, 0.2) is 14.7 Å². The van der Waals surface area contributed by atoms with E-state index in [-0.39, 0.29) is 22.2 Å². The summed E-state index contributed by atoms with van der Waals surface area (Å²) < 4.78 is 7.16. The van der Waals surface area contributed by atoms with Crippen molar-refractivity contribution in [2.75, 3.05) is 0 Å². The maximum Gasteiger partial charge on any atom is 0.343 e. The van der Waals surface area contributed by atoms with Crippen molar-refractivity contribution in [1.29, 1.82) is 0 Å². The second kappa shape index (κ2) is 10.7. The first-order valence-corrected chi connectivity index (χ1v) is 14.0. The fraction of sp³-hybridized carbons (Fsp3) is 0.107. The number of rotatable bonds is 6. The lowest BCUT2D eigenvalue weighted by atomic mass is 9.98. The van der Waals surface area contributed by atoms with Gasteiger partial charge in [-0.05, 0) is 113 Å². The van der Waals surface area contributed by atoms with E-state index in [1.807, 2.05) is 83.3 Å². The van der Waals surface area contributed by atoms with Gasteiger partial charge in [0.25, 0.3) is 0 Å². The van der Waals surface area contributed by atoms with Crippen LogP contribution in [-0.2, 0) is 21.2 Å². The average molecular weight is 693 g/mol. The molecule has 0 fully saturated rings. The van der Waals surface area contributed by atoms with Crippen LogP contribution in [0.15, 0.2) is 112 Å². The molecule has 0 aliphatic heterocycles. The van der Waals surface area contributed by atoms with Crippen LogP contribution in [0.3, 0.4) is 0 Å². The fourth-order valence-electron chi connectivity index (χ4n) is 3.59. The van der Waals surface area contributed by atoms with Crippen molar-refractivity contribution in [3.8, 4) is 5.75 Å². The van der Waals surface area contributed by atoms with Crippen LogP contribution >= 0.6 is 45.2 Å². The van der Waals surface area contributed by atoms with Gasteiger partial charge < -0.3 is 9.84 Å². The van der Waals surface area contributed by atoms with Crippen molar-refractivity contribution in [3.05, 3.63) is 115 Å². The fourth-order valence-corrected chi connectivity index (χ4v) is 6.78. The number of hydrogen-bond acceptors (Lipinski definition) is 3. The average Bonchev–Trinajstić information content (AvgIpc) is 2.83. The number of ether oxygens (including phenoxy) is 1. The quantitative estimate of drug-likeness (QED) is 0.128. The third-order valence-corrected chi connectivity index (χ3v) is 9.37. The maximum atomic E-state index is 13.0. The minimum Gasteiger partial charge on any atom is -0.506 e. The molecule has 0 spiro atoms. The number of aromatic hydroxyl groups is 1. The molecule has 0 saturated heterocycles.